The number of ether oxygens (including phenoxy) is 1. The van der Waals surface area contributed by atoms with E-state index in [-0.39, 0.29) is 18.9 Å². The minimum atomic E-state index is -0.259. The van der Waals surface area contributed by atoms with Gasteiger partial charge in [0.25, 0.3) is 5.91 Å². The zero-order valence-corrected chi connectivity index (χ0v) is 20.3. The standard InChI is InChI=1S/C29H24N6O2/c1-37-27-13-6-5-12-23(27)25-17-26(29(36)34(16-8-14-30)20-21-9-7-15-31-19-21)35-28(32-25)18-24(33-35)22-10-3-2-4-11-22/h2-7,9-13,15,17-19H,8,16,20H2,1H3. The molecule has 1 amide bonds. The maximum absolute atomic E-state index is 14.0. The summed E-state index contributed by atoms with van der Waals surface area (Å²) in [7, 11) is 1.60. The van der Waals surface area contributed by atoms with Crippen LogP contribution in [0.25, 0.3) is 28.2 Å². The highest BCUT2D eigenvalue weighted by atomic mass is 16.5. The molecule has 3 heterocycles. The third kappa shape index (κ3) is 5.02. The summed E-state index contributed by atoms with van der Waals surface area (Å²) in [5.41, 5.74) is 4.72. The number of nitriles is 1. The van der Waals surface area contributed by atoms with E-state index >= 15 is 0 Å². The van der Waals surface area contributed by atoms with Gasteiger partial charge < -0.3 is 9.64 Å². The van der Waals surface area contributed by atoms with Crippen molar-refractivity contribution in [3.63, 3.8) is 0 Å². The van der Waals surface area contributed by atoms with Crippen molar-refractivity contribution >= 4 is 11.6 Å². The summed E-state index contributed by atoms with van der Waals surface area (Å²) in [5.74, 6) is 0.391. The average Bonchev–Trinajstić information content (AvgIpc) is 3.40. The van der Waals surface area contributed by atoms with Gasteiger partial charge in [-0.05, 0) is 29.8 Å². The van der Waals surface area contributed by atoms with Crippen molar-refractivity contribution in [1.29, 1.82) is 5.26 Å². The summed E-state index contributed by atoms with van der Waals surface area (Å²) in [5, 5.41) is 14.0. The zero-order valence-electron chi connectivity index (χ0n) is 20.3. The molecule has 37 heavy (non-hydrogen) atoms. The first kappa shape index (κ1) is 23.7. The first-order valence-electron chi connectivity index (χ1n) is 11.8. The Balaban J connectivity index is 1.66. The molecule has 8 heteroatoms. The molecule has 0 radical (unpaired) electrons. The summed E-state index contributed by atoms with van der Waals surface area (Å²) >= 11 is 0. The van der Waals surface area contributed by atoms with Gasteiger partial charge in [-0.3, -0.25) is 9.78 Å². The number of carbonyl (C=O) groups excluding carboxylic acids is 1. The van der Waals surface area contributed by atoms with Crippen molar-refractivity contribution in [1.82, 2.24) is 24.5 Å². The summed E-state index contributed by atoms with van der Waals surface area (Å²) in [4.78, 5) is 24.7. The maximum atomic E-state index is 14.0. The molecule has 0 saturated carbocycles. The molecule has 0 N–H and O–H groups in total. The van der Waals surface area contributed by atoms with Gasteiger partial charge in [0, 0.05) is 42.7 Å². The Hall–Kier alpha value is -5.03. The number of benzene rings is 2. The number of rotatable bonds is 8. The van der Waals surface area contributed by atoms with Crippen molar-refractivity contribution in [3.05, 3.63) is 103 Å². The van der Waals surface area contributed by atoms with E-state index in [0.717, 1.165) is 16.7 Å². The molecule has 0 fully saturated rings. The number of methoxy groups -OCH3 is 1. The second kappa shape index (κ2) is 10.7. The van der Waals surface area contributed by atoms with Crippen LogP contribution in [-0.4, -0.2) is 44.0 Å². The quantitative estimate of drug-likeness (QED) is 0.304. The number of para-hydroxylation sites is 1. The summed E-state index contributed by atoms with van der Waals surface area (Å²) in [6.45, 7) is 0.583. The number of pyridine rings is 1. The van der Waals surface area contributed by atoms with Crippen molar-refractivity contribution in [3.8, 4) is 34.3 Å². The van der Waals surface area contributed by atoms with Crippen molar-refractivity contribution in [2.24, 2.45) is 0 Å². The van der Waals surface area contributed by atoms with Gasteiger partial charge in [-0.1, -0.05) is 48.5 Å². The number of amides is 1. The Kier molecular flexibility index (Phi) is 6.86. The third-order valence-electron chi connectivity index (χ3n) is 5.98. The number of carbonyl (C=O) groups is 1. The minimum Gasteiger partial charge on any atom is -0.496 e. The number of fused-ring (bicyclic) bond motifs is 1. The zero-order chi connectivity index (χ0) is 25.6. The largest absolute Gasteiger partial charge is 0.496 e. The van der Waals surface area contributed by atoms with E-state index < -0.39 is 0 Å². The van der Waals surface area contributed by atoms with Crippen molar-refractivity contribution in [2.45, 2.75) is 13.0 Å². The lowest BCUT2D eigenvalue weighted by molar-refractivity contribution is 0.0738. The van der Waals surface area contributed by atoms with Gasteiger partial charge in [0.05, 0.1) is 31.0 Å². The van der Waals surface area contributed by atoms with Crippen molar-refractivity contribution in [2.75, 3.05) is 13.7 Å². The molecule has 182 valence electrons. The van der Waals surface area contributed by atoms with E-state index in [2.05, 4.69) is 11.1 Å². The van der Waals surface area contributed by atoms with Gasteiger partial charge in [-0.25, -0.2) is 9.50 Å². The Labute approximate surface area is 214 Å². The highest BCUT2D eigenvalue weighted by Gasteiger charge is 2.23. The van der Waals surface area contributed by atoms with Crippen LogP contribution in [0.5, 0.6) is 5.75 Å². The molecular formula is C29H24N6O2. The molecule has 0 spiro atoms. The number of nitrogens with zero attached hydrogens (tertiary/aromatic N) is 6. The lowest BCUT2D eigenvalue weighted by Crippen LogP contribution is -2.33. The molecule has 5 aromatic rings. The molecule has 3 aromatic heterocycles. The molecule has 0 saturated heterocycles. The fourth-order valence-corrected chi connectivity index (χ4v) is 4.18. The Morgan fingerprint density at radius 1 is 1.03 bits per heavy atom. The SMILES string of the molecule is COc1ccccc1-c1cc(C(=O)N(CCC#N)Cc2cccnc2)n2nc(-c3ccccc3)cc2n1. The Bertz CT molecular complexity index is 1580. The molecule has 0 unspecified atom stereocenters. The second-order valence-corrected chi connectivity index (χ2v) is 8.39. The third-order valence-corrected chi connectivity index (χ3v) is 5.98. The number of hydrogen-bond acceptors (Lipinski definition) is 6. The topological polar surface area (TPSA) is 96.4 Å². The van der Waals surface area contributed by atoms with Crippen LogP contribution in [-0.2, 0) is 6.54 Å². The van der Waals surface area contributed by atoms with E-state index in [1.165, 1.54) is 0 Å². The fourth-order valence-electron chi connectivity index (χ4n) is 4.18. The molecule has 5 rings (SSSR count). The predicted octanol–water partition coefficient (Wildman–Crippen LogP) is 5.02. The van der Waals surface area contributed by atoms with Crippen LogP contribution >= 0.6 is 0 Å². The smallest absolute Gasteiger partial charge is 0.273 e. The highest BCUT2D eigenvalue weighted by Crippen LogP contribution is 2.30. The lowest BCUT2D eigenvalue weighted by atomic mass is 10.1. The summed E-state index contributed by atoms with van der Waals surface area (Å²) < 4.78 is 7.14. The van der Waals surface area contributed by atoms with Crippen LogP contribution in [0, 0.1) is 11.3 Å². The molecule has 0 bridgehead atoms. The predicted molar refractivity (Wildman–Crippen MR) is 140 cm³/mol. The molecule has 0 aliphatic rings. The highest BCUT2D eigenvalue weighted by molar-refractivity contribution is 5.94. The molecule has 2 aromatic carbocycles. The van der Waals surface area contributed by atoms with Gasteiger partial charge in [0.15, 0.2) is 5.65 Å². The summed E-state index contributed by atoms with van der Waals surface area (Å²) in [6, 6.07) is 26.8. The van der Waals surface area contributed by atoms with Crippen molar-refractivity contribution < 1.29 is 9.53 Å². The van der Waals surface area contributed by atoms with E-state index in [0.29, 0.717) is 35.0 Å². The Morgan fingerprint density at radius 3 is 2.59 bits per heavy atom. The van der Waals surface area contributed by atoms with E-state index in [9.17, 15) is 10.1 Å². The van der Waals surface area contributed by atoms with E-state index in [1.807, 2.05) is 72.8 Å². The van der Waals surface area contributed by atoms with Gasteiger partial charge in [0.1, 0.15) is 11.4 Å². The van der Waals surface area contributed by atoms with E-state index in [1.54, 1.807) is 35.0 Å². The minimum absolute atomic E-state index is 0.202. The van der Waals surface area contributed by atoms with Crippen LogP contribution in [0.15, 0.2) is 91.3 Å². The van der Waals surface area contributed by atoms with Gasteiger partial charge >= 0.3 is 0 Å². The van der Waals surface area contributed by atoms with E-state index in [4.69, 9.17) is 14.8 Å². The molecular weight excluding hydrogens is 464 g/mol. The molecule has 8 nitrogen and oxygen atoms in total. The molecule has 0 atom stereocenters. The normalized spacial score (nSPS) is 10.7. The Morgan fingerprint density at radius 2 is 1.84 bits per heavy atom. The van der Waals surface area contributed by atoms with Gasteiger partial charge in [0.2, 0.25) is 0 Å². The van der Waals surface area contributed by atoms with Crippen LogP contribution in [0.2, 0.25) is 0 Å². The fraction of sp³-hybridized carbons (Fsp3) is 0.138. The van der Waals surface area contributed by atoms with Crippen LogP contribution < -0.4 is 4.74 Å². The van der Waals surface area contributed by atoms with Gasteiger partial charge in [-0.2, -0.15) is 10.4 Å². The van der Waals surface area contributed by atoms with Crippen LogP contribution in [0.4, 0.5) is 0 Å². The number of hydrogen-bond donors (Lipinski definition) is 0. The number of aromatic nitrogens is 4. The first-order chi connectivity index (χ1) is 18.2. The van der Waals surface area contributed by atoms with Gasteiger partial charge in [-0.15, -0.1) is 0 Å². The molecule has 0 aliphatic heterocycles. The van der Waals surface area contributed by atoms with Crippen LogP contribution in [0.1, 0.15) is 22.5 Å². The van der Waals surface area contributed by atoms with Crippen LogP contribution in [0.3, 0.4) is 0 Å². The summed E-state index contributed by atoms with van der Waals surface area (Å²) in [6.07, 6.45) is 3.61. The first-order valence-corrected chi connectivity index (χ1v) is 11.8. The average molecular weight is 489 g/mol. The second-order valence-electron chi connectivity index (χ2n) is 8.39. The molecule has 0 aliphatic carbocycles. The lowest BCUT2D eigenvalue weighted by Gasteiger charge is -2.22. The monoisotopic (exact) mass is 488 g/mol. The maximum Gasteiger partial charge on any atom is 0.273 e.